The fraction of sp³-hybridized carbons (Fsp3) is 0.818. The summed E-state index contributed by atoms with van der Waals surface area (Å²) in [4.78, 5) is 24.5. The minimum Gasteiger partial charge on any atom is -0.480 e. The zero-order valence-corrected chi connectivity index (χ0v) is 10.1. The smallest absolute Gasteiger partial charge is 0.326 e. The molecule has 1 amide bonds. The van der Waals surface area contributed by atoms with Crippen LogP contribution in [0.1, 0.15) is 20.3 Å². The van der Waals surface area contributed by atoms with E-state index in [9.17, 15) is 9.59 Å². The Morgan fingerprint density at radius 3 is 2.44 bits per heavy atom. The Morgan fingerprint density at radius 1 is 1.44 bits per heavy atom. The second kappa shape index (κ2) is 5.30. The summed E-state index contributed by atoms with van der Waals surface area (Å²) < 4.78 is 0. The first-order chi connectivity index (χ1) is 7.45. The van der Waals surface area contributed by atoms with Gasteiger partial charge in [0.05, 0.1) is 5.92 Å². The fourth-order valence-corrected chi connectivity index (χ4v) is 2.19. The zero-order valence-electron chi connectivity index (χ0n) is 10.1. The maximum atomic E-state index is 12.0. The highest BCUT2D eigenvalue weighted by molar-refractivity contribution is 5.85. The number of rotatable bonds is 4. The van der Waals surface area contributed by atoms with E-state index < -0.39 is 12.0 Å². The first kappa shape index (κ1) is 13.0. The number of amides is 1. The topological polar surface area (TPSA) is 69.6 Å². The van der Waals surface area contributed by atoms with Crippen LogP contribution in [0.25, 0.3) is 0 Å². The number of carboxylic acid groups (broad SMARTS) is 1. The number of carbonyl (C=O) groups excluding carboxylic acids is 1. The molecule has 2 N–H and O–H groups in total. The SMILES string of the molecule is CC(C)C(C(=O)O)N(C)C(=O)C1CCNC1. The molecule has 1 aliphatic rings. The van der Waals surface area contributed by atoms with Gasteiger partial charge < -0.3 is 15.3 Å². The highest BCUT2D eigenvalue weighted by Gasteiger charge is 2.33. The third-order valence-corrected chi connectivity index (χ3v) is 3.06. The van der Waals surface area contributed by atoms with Crippen molar-refractivity contribution in [3.63, 3.8) is 0 Å². The van der Waals surface area contributed by atoms with Gasteiger partial charge in [0.15, 0.2) is 0 Å². The molecule has 16 heavy (non-hydrogen) atoms. The number of aliphatic carboxylic acids is 1. The predicted octanol–water partition coefficient (Wildman–Crippen LogP) is 0.164. The van der Waals surface area contributed by atoms with E-state index in [1.807, 2.05) is 13.8 Å². The number of carbonyl (C=O) groups is 2. The van der Waals surface area contributed by atoms with Crippen LogP contribution in [0, 0.1) is 11.8 Å². The molecule has 1 heterocycles. The minimum absolute atomic E-state index is 0.0638. The van der Waals surface area contributed by atoms with Crippen molar-refractivity contribution in [1.82, 2.24) is 10.2 Å². The van der Waals surface area contributed by atoms with E-state index in [1.165, 1.54) is 4.90 Å². The van der Waals surface area contributed by atoms with E-state index in [-0.39, 0.29) is 17.7 Å². The lowest BCUT2D eigenvalue weighted by Crippen LogP contribution is -2.48. The molecule has 1 fully saturated rings. The van der Waals surface area contributed by atoms with Gasteiger partial charge in [0.1, 0.15) is 6.04 Å². The number of nitrogens with one attached hydrogen (secondary N) is 1. The van der Waals surface area contributed by atoms with Crippen molar-refractivity contribution in [3.8, 4) is 0 Å². The third kappa shape index (κ3) is 2.72. The van der Waals surface area contributed by atoms with Crippen molar-refractivity contribution in [2.45, 2.75) is 26.3 Å². The first-order valence-electron chi connectivity index (χ1n) is 5.65. The molecular weight excluding hydrogens is 208 g/mol. The summed E-state index contributed by atoms with van der Waals surface area (Å²) in [7, 11) is 1.58. The lowest BCUT2D eigenvalue weighted by Gasteiger charge is -2.29. The van der Waals surface area contributed by atoms with Crippen molar-refractivity contribution in [1.29, 1.82) is 0 Å². The molecule has 0 aromatic heterocycles. The van der Waals surface area contributed by atoms with Crippen LogP contribution in [-0.4, -0.2) is 48.1 Å². The third-order valence-electron chi connectivity index (χ3n) is 3.06. The Kier molecular flexibility index (Phi) is 4.29. The van der Waals surface area contributed by atoms with Gasteiger partial charge >= 0.3 is 5.97 Å². The Morgan fingerprint density at radius 2 is 2.06 bits per heavy atom. The normalized spacial score (nSPS) is 22.1. The lowest BCUT2D eigenvalue weighted by atomic mass is 10.0. The number of carboxylic acids is 1. The summed E-state index contributed by atoms with van der Waals surface area (Å²) in [6.07, 6.45) is 0.799. The molecule has 1 aliphatic heterocycles. The minimum atomic E-state index is -0.934. The molecule has 1 rings (SSSR count). The molecule has 5 heteroatoms. The Balaban J connectivity index is 2.69. The maximum absolute atomic E-state index is 12.0. The van der Waals surface area contributed by atoms with Gasteiger partial charge in [-0.2, -0.15) is 0 Å². The van der Waals surface area contributed by atoms with Crippen LogP contribution in [0.15, 0.2) is 0 Å². The van der Waals surface area contributed by atoms with Gasteiger partial charge in [0, 0.05) is 13.6 Å². The quantitative estimate of drug-likeness (QED) is 0.719. The maximum Gasteiger partial charge on any atom is 0.326 e. The first-order valence-corrected chi connectivity index (χ1v) is 5.65. The van der Waals surface area contributed by atoms with Crippen LogP contribution in [0.3, 0.4) is 0 Å². The molecule has 1 saturated heterocycles. The van der Waals surface area contributed by atoms with E-state index in [1.54, 1.807) is 7.05 Å². The standard InChI is InChI=1S/C11H20N2O3/c1-7(2)9(11(15)16)13(3)10(14)8-4-5-12-6-8/h7-9,12H,4-6H2,1-3H3,(H,15,16). The van der Waals surface area contributed by atoms with Gasteiger partial charge in [-0.1, -0.05) is 13.8 Å². The molecule has 2 atom stereocenters. The van der Waals surface area contributed by atoms with Crippen LogP contribution in [-0.2, 0) is 9.59 Å². The number of hydrogen-bond acceptors (Lipinski definition) is 3. The van der Waals surface area contributed by atoms with Gasteiger partial charge in [-0.25, -0.2) is 4.79 Å². The zero-order chi connectivity index (χ0) is 12.3. The Bertz CT molecular complexity index is 272. The summed E-state index contributed by atoms with van der Waals surface area (Å²) >= 11 is 0. The van der Waals surface area contributed by atoms with Crippen LogP contribution < -0.4 is 5.32 Å². The summed E-state index contributed by atoms with van der Waals surface area (Å²) in [6.45, 7) is 5.13. The average molecular weight is 228 g/mol. The second-order valence-electron chi connectivity index (χ2n) is 4.67. The van der Waals surface area contributed by atoms with Gasteiger partial charge in [-0.3, -0.25) is 4.79 Å². The largest absolute Gasteiger partial charge is 0.480 e. The average Bonchev–Trinajstić information content (AvgIpc) is 2.67. The number of nitrogens with zero attached hydrogens (tertiary/aromatic N) is 1. The monoisotopic (exact) mass is 228 g/mol. The molecule has 2 unspecified atom stereocenters. The molecule has 92 valence electrons. The molecule has 5 nitrogen and oxygen atoms in total. The molecule has 0 saturated carbocycles. The van der Waals surface area contributed by atoms with Crippen LogP contribution in [0.4, 0.5) is 0 Å². The summed E-state index contributed by atoms with van der Waals surface area (Å²) in [5.41, 5.74) is 0. The summed E-state index contributed by atoms with van der Waals surface area (Å²) in [5, 5.41) is 12.2. The van der Waals surface area contributed by atoms with Crippen LogP contribution in [0.2, 0.25) is 0 Å². The molecule has 0 spiro atoms. The van der Waals surface area contributed by atoms with E-state index >= 15 is 0 Å². The molecule has 0 radical (unpaired) electrons. The van der Waals surface area contributed by atoms with Gasteiger partial charge in [0.2, 0.25) is 5.91 Å². The number of hydrogen-bond donors (Lipinski definition) is 2. The summed E-state index contributed by atoms with van der Waals surface area (Å²) in [6, 6.07) is -0.729. The van der Waals surface area contributed by atoms with Gasteiger partial charge in [-0.05, 0) is 18.9 Å². The van der Waals surface area contributed by atoms with E-state index in [0.29, 0.717) is 6.54 Å². The van der Waals surface area contributed by atoms with Crippen molar-refractivity contribution >= 4 is 11.9 Å². The molecule has 0 aliphatic carbocycles. The molecule has 0 aromatic rings. The van der Waals surface area contributed by atoms with Crippen molar-refractivity contribution in [2.24, 2.45) is 11.8 Å². The summed E-state index contributed by atoms with van der Waals surface area (Å²) in [5.74, 6) is -1.14. The van der Waals surface area contributed by atoms with E-state index in [0.717, 1.165) is 13.0 Å². The van der Waals surface area contributed by atoms with E-state index in [2.05, 4.69) is 5.32 Å². The molecular formula is C11H20N2O3. The van der Waals surface area contributed by atoms with Crippen molar-refractivity contribution < 1.29 is 14.7 Å². The van der Waals surface area contributed by atoms with Crippen molar-refractivity contribution in [2.75, 3.05) is 20.1 Å². The highest BCUT2D eigenvalue weighted by Crippen LogP contribution is 2.16. The molecule has 0 bridgehead atoms. The van der Waals surface area contributed by atoms with Crippen LogP contribution >= 0.6 is 0 Å². The van der Waals surface area contributed by atoms with Gasteiger partial charge in [-0.15, -0.1) is 0 Å². The highest BCUT2D eigenvalue weighted by atomic mass is 16.4. The van der Waals surface area contributed by atoms with Gasteiger partial charge in [0.25, 0.3) is 0 Å². The Hall–Kier alpha value is -1.10. The lowest BCUT2D eigenvalue weighted by molar-refractivity contribution is -0.152. The molecule has 0 aromatic carbocycles. The van der Waals surface area contributed by atoms with E-state index in [4.69, 9.17) is 5.11 Å². The Labute approximate surface area is 95.8 Å². The van der Waals surface area contributed by atoms with Crippen molar-refractivity contribution in [3.05, 3.63) is 0 Å². The fourth-order valence-electron chi connectivity index (χ4n) is 2.19. The predicted molar refractivity (Wildman–Crippen MR) is 60.0 cm³/mol. The number of likely N-dealkylation sites (N-methyl/N-ethyl adjacent to an activating group) is 1. The van der Waals surface area contributed by atoms with Crippen LogP contribution in [0.5, 0.6) is 0 Å². The second-order valence-corrected chi connectivity index (χ2v) is 4.67.